The van der Waals surface area contributed by atoms with Gasteiger partial charge in [-0.25, -0.2) is 0 Å². The first-order valence-corrected chi connectivity index (χ1v) is 5.12. The Morgan fingerprint density at radius 1 is 0.765 bits per heavy atom. The minimum absolute atomic E-state index is 0.0347. The van der Waals surface area contributed by atoms with Crippen molar-refractivity contribution in [3.05, 3.63) is 41.4 Å². The summed E-state index contributed by atoms with van der Waals surface area (Å²) >= 11 is 5.72. The fourth-order valence-electron chi connectivity index (χ4n) is 1.25. The van der Waals surface area contributed by atoms with Gasteiger partial charge in [0.05, 0.1) is 5.02 Å². The second kappa shape index (κ2) is 4.43. The van der Waals surface area contributed by atoms with E-state index < -0.39 is 0 Å². The Bertz CT molecular complexity index is 505. The molecule has 0 spiro atoms. The van der Waals surface area contributed by atoms with E-state index in [1.807, 2.05) is 0 Å². The molecule has 0 aliphatic carbocycles. The highest BCUT2D eigenvalue weighted by molar-refractivity contribution is 6.32. The Morgan fingerprint density at radius 2 is 1.35 bits per heavy atom. The van der Waals surface area contributed by atoms with Crippen LogP contribution in [0.15, 0.2) is 36.4 Å². The largest absolute Gasteiger partial charge is 0.506 e. The summed E-state index contributed by atoms with van der Waals surface area (Å²) in [6.45, 7) is 0. The van der Waals surface area contributed by atoms with Crippen LogP contribution in [-0.4, -0.2) is 15.3 Å². The molecule has 0 saturated heterocycles. The first kappa shape index (κ1) is 11.4. The molecule has 88 valence electrons. The van der Waals surface area contributed by atoms with Gasteiger partial charge in [0.15, 0.2) is 11.5 Å². The van der Waals surface area contributed by atoms with Crippen molar-refractivity contribution in [2.75, 3.05) is 0 Å². The number of aromatic hydroxyl groups is 3. The molecular formula is C12H9ClO4. The SMILES string of the molecule is Oc1ccc(Oc2ccc(O)c(Cl)c2)cc1O. The third-order valence-electron chi connectivity index (χ3n) is 2.10. The number of benzene rings is 2. The van der Waals surface area contributed by atoms with E-state index >= 15 is 0 Å². The first-order chi connectivity index (χ1) is 8.06. The van der Waals surface area contributed by atoms with Crippen molar-refractivity contribution < 1.29 is 20.1 Å². The van der Waals surface area contributed by atoms with E-state index in [1.54, 1.807) is 0 Å². The molecular weight excluding hydrogens is 244 g/mol. The summed E-state index contributed by atoms with van der Waals surface area (Å²) in [5.74, 6) is 0.237. The lowest BCUT2D eigenvalue weighted by atomic mass is 10.3. The molecule has 0 heterocycles. The van der Waals surface area contributed by atoms with Gasteiger partial charge in [0.2, 0.25) is 0 Å². The molecule has 3 N–H and O–H groups in total. The summed E-state index contributed by atoms with van der Waals surface area (Å²) in [6.07, 6.45) is 0. The van der Waals surface area contributed by atoms with Gasteiger partial charge in [-0.3, -0.25) is 0 Å². The molecule has 0 aliphatic rings. The molecule has 0 amide bonds. The zero-order valence-corrected chi connectivity index (χ0v) is 9.35. The molecule has 2 rings (SSSR count). The van der Waals surface area contributed by atoms with Gasteiger partial charge < -0.3 is 20.1 Å². The highest BCUT2D eigenvalue weighted by Crippen LogP contribution is 2.33. The molecule has 17 heavy (non-hydrogen) atoms. The van der Waals surface area contributed by atoms with Crippen LogP contribution in [0, 0.1) is 0 Å². The van der Waals surface area contributed by atoms with Gasteiger partial charge in [0.1, 0.15) is 17.2 Å². The van der Waals surface area contributed by atoms with Crippen molar-refractivity contribution in [1.29, 1.82) is 0 Å². The van der Waals surface area contributed by atoms with Gasteiger partial charge in [-0.15, -0.1) is 0 Å². The van der Waals surface area contributed by atoms with Crippen LogP contribution in [0.1, 0.15) is 0 Å². The minimum Gasteiger partial charge on any atom is -0.506 e. The molecule has 0 atom stereocenters. The van der Waals surface area contributed by atoms with E-state index in [1.165, 1.54) is 36.4 Å². The van der Waals surface area contributed by atoms with Crippen molar-refractivity contribution in [3.8, 4) is 28.7 Å². The predicted octanol–water partition coefficient (Wildman–Crippen LogP) is 3.25. The van der Waals surface area contributed by atoms with Crippen LogP contribution in [-0.2, 0) is 0 Å². The summed E-state index contributed by atoms with van der Waals surface area (Å²) in [6, 6.07) is 8.46. The van der Waals surface area contributed by atoms with E-state index in [9.17, 15) is 10.2 Å². The van der Waals surface area contributed by atoms with Crippen molar-refractivity contribution in [2.24, 2.45) is 0 Å². The molecule has 2 aromatic carbocycles. The molecule has 0 aliphatic heterocycles. The Kier molecular flexibility index (Phi) is 2.97. The highest BCUT2D eigenvalue weighted by Gasteiger charge is 2.05. The van der Waals surface area contributed by atoms with Crippen molar-refractivity contribution in [1.82, 2.24) is 0 Å². The number of phenolic OH excluding ortho intramolecular Hbond substituents is 3. The summed E-state index contributed by atoms with van der Waals surface area (Å²) in [5, 5.41) is 27.8. The topological polar surface area (TPSA) is 69.9 Å². The maximum atomic E-state index is 9.28. The third-order valence-corrected chi connectivity index (χ3v) is 2.40. The van der Waals surface area contributed by atoms with Gasteiger partial charge in [0.25, 0.3) is 0 Å². The average Bonchev–Trinajstić information content (AvgIpc) is 2.29. The van der Waals surface area contributed by atoms with Crippen LogP contribution in [0.25, 0.3) is 0 Å². The zero-order chi connectivity index (χ0) is 12.4. The van der Waals surface area contributed by atoms with E-state index in [0.717, 1.165) is 0 Å². The Labute approximate surface area is 102 Å². The minimum atomic E-state index is -0.271. The van der Waals surface area contributed by atoms with Crippen LogP contribution in [0.5, 0.6) is 28.7 Å². The van der Waals surface area contributed by atoms with Crippen molar-refractivity contribution >= 4 is 11.6 Å². The van der Waals surface area contributed by atoms with Crippen LogP contribution in [0.3, 0.4) is 0 Å². The lowest BCUT2D eigenvalue weighted by Crippen LogP contribution is -1.84. The average molecular weight is 253 g/mol. The number of hydrogen-bond acceptors (Lipinski definition) is 4. The van der Waals surface area contributed by atoms with Crippen LogP contribution < -0.4 is 4.74 Å². The fraction of sp³-hybridized carbons (Fsp3) is 0. The quantitative estimate of drug-likeness (QED) is 0.718. The van der Waals surface area contributed by atoms with Crippen molar-refractivity contribution in [3.63, 3.8) is 0 Å². The molecule has 0 saturated carbocycles. The maximum Gasteiger partial charge on any atom is 0.161 e. The monoisotopic (exact) mass is 252 g/mol. The first-order valence-electron chi connectivity index (χ1n) is 4.74. The fourth-order valence-corrected chi connectivity index (χ4v) is 1.42. The van der Waals surface area contributed by atoms with E-state index in [2.05, 4.69) is 0 Å². The lowest BCUT2D eigenvalue weighted by molar-refractivity contribution is 0.397. The summed E-state index contributed by atoms with van der Waals surface area (Å²) in [7, 11) is 0. The molecule has 0 bridgehead atoms. The second-order valence-corrected chi connectivity index (χ2v) is 3.77. The van der Waals surface area contributed by atoms with Crippen molar-refractivity contribution in [2.45, 2.75) is 0 Å². The van der Waals surface area contributed by atoms with Gasteiger partial charge in [-0.2, -0.15) is 0 Å². The van der Waals surface area contributed by atoms with Gasteiger partial charge in [-0.05, 0) is 24.3 Å². The standard InChI is InChI=1S/C12H9ClO4/c13-9-5-7(1-3-10(9)14)17-8-2-4-11(15)12(16)6-8/h1-6,14-16H. The highest BCUT2D eigenvalue weighted by atomic mass is 35.5. The molecule has 0 radical (unpaired) electrons. The number of rotatable bonds is 2. The predicted molar refractivity (Wildman–Crippen MR) is 63.0 cm³/mol. The number of ether oxygens (including phenoxy) is 1. The van der Waals surface area contributed by atoms with Crippen LogP contribution in [0.2, 0.25) is 5.02 Å². The Hall–Kier alpha value is -2.07. The van der Waals surface area contributed by atoms with E-state index in [0.29, 0.717) is 11.5 Å². The smallest absolute Gasteiger partial charge is 0.161 e. The molecule has 0 fully saturated rings. The molecule has 5 heteroatoms. The maximum absolute atomic E-state index is 9.28. The molecule has 2 aromatic rings. The van der Waals surface area contributed by atoms with Crippen LogP contribution >= 0.6 is 11.6 Å². The molecule has 0 unspecified atom stereocenters. The second-order valence-electron chi connectivity index (χ2n) is 3.37. The van der Waals surface area contributed by atoms with E-state index in [-0.39, 0.29) is 22.3 Å². The summed E-state index contributed by atoms with van der Waals surface area (Å²) in [4.78, 5) is 0. The Morgan fingerprint density at radius 3 is 1.94 bits per heavy atom. The number of hydrogen-bond donors (Lipinski definition) is 3. The summed E-state index contributed by atoms with van der Waals surface area (Å²) in [5.41, 5.74) is 0. The van der Waals surface area contributed by atoms with Gasteiger partial charge in [-0.1, -0.05) is 11.6 Å². The van der Waals surface area contributed by atoms with Crippen LogP contribution in [0.4, 0.5) is 0 Å². The van der Waals surface area contributed by atoms with Gasteiger partial charge in [0, 0.05) is 12.1 Å². The van der Waals surface area contributed by atoms with E-state index in [4.69, 9.17) is 21.4 Å². The molecule has 4 nitrogen and oxygen atoms in total. The number of phenols is 3. The van der Waals surface area contributed by atoms with Gasteiger partial charge >= 0.3 is 0 Å². The number of halogens is 1. The molecule has 0 aromatic heterocycles. The summed E-state index contributed by atoms with van der Waals surface area (Å²) < 4.78 is 5.38. The lowest BCUT2D eigenvalue weighted by Gasteiger charge is -2.07. The Balaban J connectivity index is 2.25. The normalized spacial score (nSPS) is 10.2. The zero-order valence-electron chi connectivity index (χ0n) is 8.59. The third kappa shape index (κ3) is 2.54.